The highest BCUT2D eigenvalue weighted by Gasteiger charge is 2.21. The fourth-order valence-corrected chi connectivity index (χ4v) is 2.98. The van der Waals surface area contributed by atoms with Gasteiger partial charge in [0.05, 0.1) is 17.2 Å². The molecule has 0 spiro atoms. The summed E-state index contributed by atoms with van der Waals surface area (Å²) < 4.78 is 0. The van der Waals surface area contributed by atoms with E-state index in [0.717, 1.165) is 0 Å². The molecule has 1 aromatic heterocycles. The lowest BCUT2D eigenvalue weighted by Gasteiger charge is -2.15. The van der Waals surface area contributed by atoms with E-state index in [1.165, 1.54) is 11.8 Å². The summed E-state index contributed by atoms with van der Waals surface area (Å²) in [7, 11) is 0. The molecule has 0 saturated heterocycles. The second-order valence-electron chi connectivity index (χ2n) is 5.90. The Morgan fingerprint density at radius 3 is 2.52 bits per heavy atom. The summed E-state index contributed by atoms with van der Waals surface area (Å²) >= 11 is 1.38. The van der Waals surface area contributed by atoms with E-state index in [4.69, 9.17) is 5.26 Å². The molecular weight excluding hydrogens is 286 g/mol. The Morgan fingerprint density at radius 2 is 2.05 bits per heavy atom. The number of aromatic nitrogens is 2. The first-order valence-electron chi connectivity index (χ1n) is 6.84. The van der Waals surface area contributed by atoms with Crippen molar-refractivity contribution in [1.29, 1.82) is 5.26 Å². The van der Waals surface area contributed by atoms with E-state index in [1.54, 1.807) is 6.92 Å². The van der Waals surface area contributed by atoms with E-state index in [2.05, 4.69) is 16.0 Å². The summed E-state index contributed by atoms with van der Waals surface area (Å²) in [5, 5.41) is 18.8. The minimum Gasteiger partial charge on any atom is -0.478 e. The molecule has 114 valence electrons. The van der Waals surface area contributed by atoms with Crippen LogP contribution in [-0.4, -0.2) is 26.8 Å². The normalized spacial score (nSPS) is 11.5. The van der Waals surface area contributed by atoms with Crippen LogP contribution >= 0.6 is 11.8 Å². The van der Waals surface area contributed by atoms with E-state index >= 15 is 0 Å². The van der Waals surface area contributed by atoms with Crippen LogP contribution in [0.15, 0.2) is 5.03 Å². The molecule has 1 heterocycles. The third-order valence-electron chi connectivity index (χ3n) is 3.07. The van der Waals surface area contributed by atoms with Gasteiger partial charge in [0, 0.05) is 11.7 Å². The van der Waals surface area contributed by atoms with Crippen molar-refractivity contribution >= 4 is 17.7 Å². The molecule has 0 aliphatic rings. The van der Waals surface area contributed by atoms with Crippen LogP contribution in [-0.2, 0) is 0 Å². The Balaban J connectivity index is 3.04. The summed E-state index contributed by atoms with van der Waals surface area (Å²) in [6.07, 6.45) is 0.674. The van der Waals surface area contributed by atoms with Crippen molar-refractivity contribution in [3.8, 4) is 6.07 Å². The van der Waals surface area contributed by atoms with Gasteiger partial charge in [-0.1, -0.05) is 13.8 Å². The number of carboxylic acids is 1. The lowest BCUT2D eigenvalue weighted by atomic mass is 9.93. The first kappa shape index (κ1) is 17.4. The minimum absolute atomic E-state index is 0.140. The number of carbonyl (C=O) groups is 1. The SMILES string of the molecule is Cc1nc(C(C)C)nc(SCCC(C)(C)C#N)c1C(=O)O. The van der Waals surface area contributed by atoms with Crippen LogP contribution in [0.2, 0.25) is 0 Å². The first-order valence-corrected chi connectivity index (χ1v) is 7.82. The lowest BCUT2D eigenvalue weighted by molar-refractivity contribution is 0.0690. The summed E-state index contributed by atoms with van der Waals surface area (Å²) in [5.74, 6) is 0.431. The fourth-order valence-electron chi connectivity index (χ4n) is 1.64. The standard InChI is InChI=1S/C15H21N3O2S/c1-9(2)12-17-10(3)11(14(19)20)13(18-12)21-7-6-15(4,5)8-16/h9H,6-7H2,1-5H3,(H,19,20). The van der Waals surface area contributed by atoms with E-state index < -0.39 is 11.4 Å². The third-order valence-corrected chi connectivity index (χ3v) is 4.05. The van der Waals surface area contributed by atoms with Gasteiger partial charge in [-0.3, -0.25) is 0 Å². The van der Waals surface area contributed by atoms with Gasteiger partial charge in [-0.25, -0.2) is 14.8 Å². The number of aryl methyl sites for hydroxylation is 1. The van der Waals surface area contributed by atoms with Gasteiger partial charge in [0.25, 0.3) is 0 Å². The van der Waals surface area contributed by atoms with Crippen LogP contribution in [0.1, 0.15) is 61.9 Å². The maximum atomic E-state index is 11.4. The van der Waals surface area contributed by atoms with Crippen molar-refractivity contribution < 1.29 is 9.90 Å². The molecule has 0 aliphatic heterocycles. The molecule has 0 amide bonds. The van der Waals surface area contributed by atoms with Gasteiger partial charge in [0.15, 0.2) is 0 Å². The molecule has 0 fully saturated rings. The zero-order valence-corrected chi connectivity index (χ0v) is 13.9. The highest BCUT2D eigenvalue weighted by molar-refractivity contribution is 7.99. The van der Waals surface area contributed by atoms with Gasteiger partial charge in [0.1, 0.15) is 16.4 Å². The van der Waals surface area contributed by atoms with Crippen LogP contribution < -0.4 is 0 Å². The summed E-state index contributed by atoms with van der Waals surface area (Å²) in [6.45, 7) is 9.39. The van der Waals surface area contributed by atoms with Crippen molar-refractivity contribution in [3.05, 3.63) is 17.1 Å². The number of aromatic carboxylic acids is 1. The van der Waals surface area contributed by atoms with Gasteiger partial charge < -0.3 is 5.11 Å². The van der Waals surface area contributed by atoms with Gasteiger partial charge in [-0.05, 0) is 27.2 Å². The van der Waals surface area contributed by atoms with E-state index in [-0.39, 0.29) is 11.5 Å². The number of carboxylic acid groups (broad SMARTS) is 1. The molecule has 0 aliphatic carbocycles. The van der Waals surface area contributed by atoms with Crippen LogP contribution in [0.5, 0.6) is 0 Å². The first-order chi connectivity index (χ1) is 9.68. The van der Waals surface area contributed by atoms with Crippen molar-refractivity contribution in [2.24, 2.45) is 5.41 Å². The van der Waals surface area contributed by atoms with Crippen LogP contribution in [0.4, 0.5) is 0 Å². The molecule has 1 N–H and O–H groups in total. The average molecular weight is 307 g/mol. The molecular formula is C15H21N3O2S. The largest absolute Gasteiger partial charge is 0.478 e. The zero-order chi connectivity index (χ0) is 16.2. The van der Waals surface area contributed by atoms with E-state index in [1.807, 2.05) is 27.7 Å². The number of hydrogen-bond acceptors (Lipinski definition) is 5. The predicted molar refractivity (Wildman–Crippen MR) is 82.6 cm³/mol. The zero-order valence-electron chi connectivity index (χ0n) is 13.1. The molecule has 0 saturated carbocycles. The van der Waals surface area contributed by atoms with Crippen molar-refractivity contribution in [3.63, 3.8) is 0 Å². The monoisotopic (exact) mass is 307 g/mol. The smallest absolute Gasteiger partial charge is 0.340 e. The van der Waals surface area contributed by atoms with Crippen LogP contribution in [0.25, 0.3) is 0 Å². The number of thioether (sulfide) groups is 1. The summed E-state index contributed by atoms with van der Waals surface area (Å²) in [6, 6.07) is 2.24. The number of hydrogen-bond donors (Lipinski definition) is 1. The Bertz CT molecular complexity index is 577. The van der Waals surface area contributed by atoms with E-state index in [9.17, 15) is 9.90 Å². The lowest BCUT2D eigenvalue weighted by Crippen LogP contribution is -2.12. The molecule has 0 unspecified atom stereocenters. The molecule has 0 aromatic carbocycles. The Labute approximate surface area is 129 Å². The highest BCUT2D eigenvalue weighted by Crippen LogP contribution is 2.29. The molecule has 1 aromatic rings. The predicted octanol–water partition coefficient (Wildman–Crippen LogP) is 3.64. The van der Waals surface area contributed by atoms with E-state index in [0.29, 0.717) is 28.7 Å². The molecule has 0 atom stereocenters. The maximum absolute atomic E-state index is 11.4. The Morgan fingerprint density at radius 1 is 1.43 bits per heavy atom. The number of nitrogens with zero attached hydrogens (tertiary/aromatic N) is 3. The Kier molecular flexibility index (Phi) is 5.73. The number of nitriles is 1. The maximum Gasteiger partial charge on any atom is 0.340 e. The Hall–Kier alpha value is -1.61. The van der Waals surface area contributed by atoms with Crippen molar-refractivity contribution in [2.75, 3.05) is 5.75 Å². The molecule has 1 rings (SSSR count). The van der Waals surface area contributed by atoms with Crippen molar-refractivity contribution in [1.82, 2.24) is 9.97 Å². The van der Waals surface area contributed by atoms with Crippen LogP contribution in [0.3, 0.4) is 0 Å². The van der Waals surface area contributed by atoms with Gasteiger partial charge in [0.2, 0.25) is 0 Å². The second kappa shape index (κ2) is 6.90. The molecule has 6 heteroatoms. The second-order valence-corrected chi connectivity index (χ2v) is 6.98. The third kappa shape index (κ3) is 4.71. The van der Waals surface area contributed by atoms with Gasteiger partial charge in [-0.15, -0.1) is 11.8 Å². The number of rotatable bonds is 6. The molecule has 0 bridgehead atoms. The fraction of sp³-hybridized carbons (Fsp3) is 0.600. The van der Waals surface area contributed by atoms with Crippen LogP contribution in [0, 0.1) is 23.7 Å². The van der Waals surface area contributed by atoms with Gasteiger partial charge in [-0.2, -0.15) is 5.26 Å². The topological polar surface area (TPSA) is 86.9 Å². The van der Waals surface area contributed by atoms with Crippen molar-refractivity contribution in [2.45, 2.75) is 52.0 Å². The summed E-state index contributed by atoms with van der Waals surface area (Å²) in [4.78, 5) is 20.1. The molecule has 5 nitrogen and oxygen atoms in total. The molecule has 21 heavy (non-hydrogen) atoms. The minimum atomic E-state index is -1.01. The molecule has 0 radical (unpaired) electrons. The van der Waals surface area contributed by atoms with Gasteiger partial charge >= 0.3 is 5.97 Å². The quantitative estimate of drug-likeness (QED) is 0.637. The highest BCUT2D eigenvalue weighted by atomic mass is 32.2. The average Bonchev–Trinajstić information content (AvgIpc) is 2.37. The summed E-state index contributed by atoms with van der Waals surface area (Å²) in [5.41, 5.74) is 0.238.